The molecule has 5 aliphatic heterocycles. The van der Waals surface area contributed by atoms with Gasteiger partial charge in [-0.3, -0.25) is 4.79 Å². The number of rotatable bonds is 13. The van der Waals surface area contributed by atoms with Crippen LogP contribution in [0.2, 0.25) is 0 Å². The molecule has 3 N–H and O–H groups in total. The molecule has 0 aromatic heterocycles. The lowest BCUT2D eigenvalue weighted by Crippen LogP contribution is -2.28. The molecule has 0 aromatic rings. The van der Waals surface area contributed by atoms with Crippen LogP contribution in [0.3, 0.4) is 0 Å². The molecule has 0 spiro atoms. The number of allylic oxidation sites excluding steroid dienone is 12. The summed E-state index contributed by atoms with van der Waals surface area (Å²) in [6, 6.07) is 0. The molecule has 0 saturated carbocycles. The number of esters is 1. The van der Waals surface area contributed by atoms with E-state index >= 15 is 0 Å². The van der Waals surface area contributed by atoms with Crippen LogP contribution in [0.5, 0.6) is 0 Å². The number of amides is 1. The highest BCUT2D eigenvalue weighted by Gasteiger charge is 2.41. The molecule has 0 unspecified atom stereocenters. The number of aliphatic hydroxyl groups excluding tert-OH is 1. The summed E-state index contributed by atoms with van der Waals surface area (Å²) in [5, 5.41) is 18.1. The molecular formula is C40H49N5O6. The van der Waals surface area contributed by atoms with Gasteiger partial charge in [-0.2, -0.15) is 0 Å². The molecule has 51 heavy (non-hydrogen) atoms. The Kier molecular flexibility index (Phi) is 10.9. The van der Waals surface area contributed by atoms with E-state index in [1.54, 1.807) is 0 Å². The van der Waals surface area contributed by atoms with E-state index in [9.17, 15) is 14.7 Å². The molecule has 270 valence electrons. The number of methoxy groups -OCH3 is 1. The Morgan fingerprint density at radius 3 is 2.27 bits per heavy atom. The Morgan fingerprint density at radius 1 is 0.922 bits per heavy atom. The van der Waals surface area contributed by atoms with Gasteiger partial charge in [0.2, 0.25) is 5.91 Å². The van der Waals surface area contributed by atoms with Crippen LogP contribution in [-0.4, -0.2) is 74.2 Å². The van der Waals surface area contributed by atoms with Crippen molar-refractivity contribution in [1.82, 2.24) is 10.6 Å². The van der Waals surface area contributed by atoms with Gasteiger partial charge >= 0.3 is 5.97 Å². The van der Waals surface area contributed by atoms with Gasteiger partial charge in [0.05, 0.1) is 61.2 Å². The summed E-state index contributed by atoms with van der Waals surface area (Å²) in [4.78, 5) is 39.6. The van der Waals surface area contributed by atoms with Crippen LogP contribution in [0, 0.1) is 11.8 Å². The molecule has 11 heteroatoms. The van der Waals surface area contributed by atoms with Gasteiger partial charge in [-0.15, -0.1) is 0 Å². The van der Waals surface area contributed by atoms with Crippen molar-refractivity contribution in [2.45, 2.75) is 73.6 Å². The van der Waals surface area contributed by atoms with Crippen molar-refractivity contribution in [2.24, 2.45) is 26.8 Å². The van der Waals surface area contributed by atoms with Crippen molar-refractivity contribution in [1.29, 1.82) is 0 Å². The number of fused-ring (bicyclic) bond motifs is 5. The van der Waals surface area contributed by atoms with Crippen molar-refractivity contribution in [2.75, 3.05) is 40.1 Å². The summed E-state index contributed by atoms with van der Waals surface area (Å²) < 4.78 is 15.2. The zero-order chi connectivity index (χ0) is 36.4. The van der Waals surface area contributed by atoms with E-state index in [1.165, 1.54) is 18.3 Å². The molecule has 1 saturated heterocycles. The fraction of sp³-hybridized carbons (Fsp3) is 0.475. The molecule has 0 aromatic carbocycles. The quantitative estimate of drug-likeness (QED) is 0.155. The standard InChI is InChI=1S/C40H49N5O6/c1-8-25-21(3)29-17-31-23(5)27(10-11-36(47)41-12-13-50-14-15-51-20-37(48)49-7)39(44-31)28-16-35(46)38-24(6)32(45-40(28)38)19-34-26(9-2)22(4)30(43-34)18-33(25)42-29/h17-19,23,27,44,46H,8-16,20H2,1-7H3,(H,41,47)/t23-,27-/m0/s1. The summed E-state index contributed by atoms with van der Waals surface area (Å²) in [5.41, 5.74) is 14.8. The predicted molar refractivity (Wildman–Crippen MR) is 198 cm³/mol. The summed E-state index contributed by atoms with van der Waals surface area (Å²) in [6.45, 7) is 14.0. The first-order chi connectivity index (χ1) is 24.6. The number of aliphatic imine (C=N–C) groups is 3. The van der Waals surface area contributed by atoms with Crippen molar-refractivity contribution in [3.8, 4) is 0 Å². The third-order valence-electron chi connectivity index (χ3n) is 10.6. The minimum atomic E-state index is -0.436. The fourth-order valence-electron chi connectivity index (χ4n) is 7.68. The highest BCUT2D eigenvalue weighted by atomic mass is 16.6. The maximum Gasteiger partial charge on any atom is 0.331 e. The zero-order valence-corrected chi connectivity index (χ0v) is 30.8. The average Bonchev–Trinajstić information content (AvgIpc) is 3.86. The highest BCUT2D eigenvalue weighted by molar-refractivity contribution is 6.21. The van der Waals surface area contributed by atoms with E-state index < -0.39 is 5.97 Å². The second-order valence-corrected chi connectivity index (χ2v) is 13.6. The normalized spacial score (nSPS) is 22.3. The fourth-order valence-corrected chi connectivity index (χ4v) is 7.68. The van der Waals surface area contributed by atoms with E-state index in [0.717, 1.165) is 86.3 Å². The van der Waals surface area contributed by atoms with Crippen LogP contribution in [-0.2, 0) is 23.8 Å². The lowest BCUT2D eigenvalue weighted by atomic mass is 9.86. The number of nitrogens with one attached hydrogen (secondary N) is 2. The van der Waals surface area contributed by atoms with Crippen molar-refractivity contribution >= 4 is 29.0 Å². The number of hydrogen-bond donors (Lipinski definition) is 3. The third-order valence-corrected chi connectivity index (χ3v) is 10.6. The lowest BCUT2D eigenvalue weighted by molar-refractivity contribution is -0.146. The zero-order valence-electron chi connectivity index (χ0n) is 30.8. The van der Waals surface area contributed by atoms with E-state index in [-0.39, 0.29) is 31.0 Å². The minimum Gasteiger partial charge on any atom is -0.511 e. The number of aliphatic hydroxyl groups is 1. The van der Waals surface area contributed by atoms with Crippen molar-refractivity contribution < 1.29 is 28.9 Å². The van der Waals surface area contributed by atoms with Crippen molar-refractivity contribution in [3.05, 3.63) is 91.5 Å². The van der Waals surface area contributed by atoms with E-state index in [1.807, 2.05) is 6.92 Å². The van der Waals surface area contributed by atoms with Gasteiger partial charge in [0, 0.05) is 53.8 Å². The maximum absolute atomic E-state index is 13.0. The van der Waals surface area contributed by atoms with Gasteiger partial charge in [0.1, 0.15) is 12.4 Å². The summed E-state index contributed by atoms with van der Waals surface area (Å²) >= 11 is 0. The van der Waals surface area contributed by atoms with Gasteiger partial charge in [-0.1, -0.05) is 20.8 Å². The largest absolute Gasteiger partial charge is 0.511 e. The number of carbonyl (C=O) groups excluding carboxylic acids is 2. The Labute approximate surface area is 300 Å². The molecule has 11 nitrogen and oxygen atoms in total. The minimum absolute atomic E-state index is 0.000698. The Balaban J connectivity index is 1.28. The van der Waals surface area contributed by atoms with Crippen molar-refractivity contribution in [3.63, 3.8) is 0 Å². The molecule has 1 amide bonds. The second kappa shape index (κ2) is 15.3. The Morgan fingerprint density at radius 2 is 1.59 bits per heavy atom. The average molecular weight is 696 g/mol. The molecule has 6 rings (SSSR count). The Bertz CT molecular complexity index is 1890. The van der Waals surface area contributed by atoms with Gasteiger partial charge in [-0.25, -0.2) is 19.8 Å². The topological polar surface area (TPSA) is 143 Å². The van der Waals surface area contributed by atoms with E-state index in [4.69, 9.17) is 24.5 Å². The summed E-state index contributed by atoms with van der Waals surface area (Å²) in [6.07, 6.45) is 9.36. The smallest absolute Gasteiger partial charge is 0.331 e. The third kappa shape index (κ3) is 7.14. The Hall–Kier alpha value is -4.61. The summed E-state index contributed by atoms with van der Waals surface area (Å²) in [7, 11) is 1.31. The van der Waals surface area contributed by atoms with Crippen LogP contribution in [0.25, 0.3) is 0 Å². The van der Waals surface area contributed by atoms with Crippen LogP contribution in [0.1, 0.15) is 73.6 Å². The SMILES string of the molecule is CCC1=C(C)C2=NC1=CC1=C(C)C3=C(O)CC(=C4NC(=CC5=NC(=C2)C(CC)=C5C)[C@@H](C)[C@@H]4CCC(=O)NCCOCCOCC(=O)OC)C3=N1. The lowest BCUT2D eigenvalue weighted by Gasteiger charge is -2.18. The molecule has 0 radical (unpaired) electrons. The number of nitrogens with zero attached hydrogens (tertiary/aromatic N) is 3. The molecule has 2 atom stereocenters. The first-order valence-electron chi connectivity index (χ1n) is 18.0. The number of hydrogen-bond acceptors (Lipinski definition) is 10. The monoisotopic (exact) mass is 695 g/mol. The van der Waals surface area contributed by atoms with Crippen LogP contribution in [0.15, 0.2) is 106 Å². The molecule has 5 heterocycles. The highest BCUT2D eigenvalue weighted by Crippen LogP contribution is 2.46. The van der Waals surface area contributed by atoms with Gasteiger partial charge in [0.25, 0.3) is 0 Å². The van der Waals surface area contributed by atoms with E-state index in [0.29, 0.717) is 44.8 Å². The molecular weight excluding hydrogens is 646 g/mol. The summed E-state index contributed by atoms with van der Waals surface area (Å²) in [5.74, 6) is -0.106. The predicted octanol–water partition coefficient (Wildman–Crippen LogP) is 6.17. The molecule has 8 bridgehead atoms. The van der Waals surface area contributed by atoms with Gasteiger partial charge in [0.15, 0.2) is 0 Å². The van der Waals surface area contributed by atoms with Crippen LogP contribution >= 0.6 is 0 Å². The van der Waals surface area contributed by atoms with Crippen LogP contribution in [0.4, 0.5) is 0 Å². The maximum atomic E-state index is 13.0. The first kappa shape index (κ1) is 36.2. The first-order valence-corrected chi connectivity index (χ1v) is 18.0. The number of carbonyl (C=O) groups is 2. The van der Waals surface area contributed by atoms with Crippen LogP contribution < -0.4 is 10.6 Å². The molecule has 6 aliphatic rings. The van der Waals surface area contributed by atoms with E-state index in [2.05, 4.69) is 68.2 Å². The second-order valence-electron chi connectivity index (χ2n) is 13.6. The number of ether oxygens (including phenoxy) is 3. The molecule has 1 fully saturated rings. The van der Waals surface area contributed by atoms with Gasteiger partial charge < -0.3 is 30.0 Å². The van der Waals surface area contributed by atoms with Gasteiger partial charge in [-0.05, 0) is 86.1 Å². The molecule has 1 aliphatic carbocycles.